The van der Waals surface area contributed by atoms with Gasteiger partial charge in [-0.05, 0) is 38.5 Å². The second-order valence-electron chi connectivity index (χ2n) is 4.79. The highest BCUT2D eigenvalue weighted by atomic mass is 16.5. The second-order valence-corrected chi connectivity index (χ2v) is 4.79. The first-order valence-electron chi connectivity index (χ1n) is 5.88. The van der Waals surface area contributed by atoms with E-state index in [1.807, 2.05) is 0 Å². The SMILES string of the molecule is N#CC1(CC2CCCCO2)CCCC1. The number of hydrogen-bond acceptors (Lipinski definition) is 2. The summed E-state index contributed by atoms with van der Waals surface area (Å²) in [6, 6.07) is 2.54. The molecule has 0 aromatic heterocycles. The third kappa shape index (κ3) is 2.09. The summed E-state index contributed by atoms with van der Waals surface area (Å²) in [7, 11) is 0. The molecule has 1 aliphatic carbocycles. The Morgan fingerprint density at radius 2 is 2.00 bits per heavy atom. The van der Waals surface area contributed by atoms with Gasteiger partial charge in [0.1, 0.15) is 0 Å². The summed E-state index contributed by atoms with van der Waals surface area (Å²) in [6.07, 6.45) is 9.70. The molecular formula is C12H19NO. The molecule has 1 saturated carbocycles. The maximum atomic E-state index is 9.24. The van der Waals surface area contributed by atoms with Crippen LogP contribution in [0.5, 0.6) is 0 Å². The molecule has 1 heterocycles. The Balaban J connectivity index is 1.90. The van der Waals surface area contributed by atoms with E-state index in [1.54, 1.807) is 0 Å². The van der Waals surface area contributed by atoms with E-state index in [4.69, 9.17) is 4.74 Å². The van der Waals surface area contributed by atoms with Crippen molar-refractivity contribution in [1.29, 1.82) is 5.26 Å². The van der Waals surface area contributed by atoms with E-state index < -0.39 is 0 Å². The van der Waals surface area contributed by atoms with Crippen molar-refractivity contribution in [2.24, 2.45) is 5.41 Å². The van der Waals surface area contributed by atoms with Gasteiger partial charge in [-0.1, -0.05) is 12.8 Å². The van der Waals surface area contributed by atoms with Gasteiger partial charge >= 0.3 is 0 Å². The maximum absolute atomic E-state index is 9.24. The summed E-state index contributed by atoms with van der Waals surface area (Å²) in [5.41, 5.74) is -0.0258. The van der Waals surface area contributed by atoms with Gasteiger partial charge in [-0.25, -0.2) is 0 Å². The lowest BCUT2D eigenvalue weighted by Crippen LogP contribution is -2.27. The largest absolute Gasteiger partial charge is 0.378 e. The van der Waals surface area contributed by atoms with Crippen LogP contribution in [0.3, 0.4) is 0 Å². The molecule has 78 valence electrons. The summed E-state index contributed by atoms with van der Waals surface area (Å²) < 4.78 is 5.72. The van der Waals surface area contributed by atoms with Crippen LogP contribution in [0.1, 0.15) is 51.4 Å². The number of ether oxygens (including phenoxy) is 1. The molecule has 0 N–H and O–H groups in total. The summed E-state index contributed by atoms with van der Waals surface area (Å²) in [4.78, 5) is 0. The minimum absolute atomic E-state index is 0.0258. The summed E-state index contributed by atoms with van der Waals surface area (Å²) >= 11 is 0. The molecule has 1 unspecified atom stereocenters. The molecule has 0 aromatic carbocycles. The first-order chi connectivity index (χ1) is 6.85. The Morgan fingerprint density at radius 3 is 2.57 bits per heavy atom. The van der Waals surface area contributed by atoms with Crippen molar-refractivity contribution in [3.05, 3.63) is 0 Å². The molecule has 0 spiro atoms. The van der Waals surface area contributed by atoms with Crippen molar-refractivity contribution >= 4 is 0 Å². The van der Waals surface area contributed by atoms with Crippen molar-refractivity contribution in [3.63, 3.8) is 0 Å². The topological polar surface area (TPSA) is 33.0 Å². The van der Waals surface area contributed by atoms with E-state index in [0.29, 0.717) is 6.10 Å². The zero-order valence-corrected chi connectivity index (χ0v) is 8.80. The molecule has 2 heteroatoms. The van der Waals surface area contributed by atoms with Gasteiger partial charge in [0, 0.05) is 6.61 Å². The first-order valence-corrected chi connectivity index (χ1v) is 5.88. The van der Waals surface area contributed by atoms with Crippen LogP contribution in [-0.2, 0) is 4.74 Å². The first kappa shape index (κ1) is 9.98. The Hall–Kier alpha value is -0.550. The van der Waals surface area contributed by atoms with Gasteiger partial charge < -0.3 is 4.74 Å². The fourth-order valence-electron chi connectivity index (χ4n) is 2.82. The van der Waals surface area contributed by atoms with Crippen LogP contribution < -0.4 is 0 Å². The molecule has 2 aliphatic rings. The Morgan fingerprint density at radius 1 is 1.21 bits per heavy atom. The fourth-order valence-corrected chi connectivity index (χ4v) is 2.82. The molecule has 2 nitrogen and oxygen atoms in total. The Labute approximate surface area is 86.2 Å². The molecule has 0 radical (unpaired) electrons. The van der Waals surface area contributed by atoms with Gasteiger partial charge in [0.2, 0.25) is 0 Å². The normalized spacial score (nSPS) is 31.2. The molecule has 2 rings (SSSR count). The molecule has 2 fully saturated rings. The minimum Gasteiger partial charge on any atom is -0.378 e. The molecule has 1 aliphatic heterocycles. The van der Waals surface area contributed by atoms with Crippen LogP contribution in [0.4, 0.5) is 0 Å². The molecule has 0 aromatic rings. The highest BCUT2D eigenvalue weighted by molar-refractivity contribution is 5.03. The number of nitrogens with zero attached hydrogens (tertiary/aromatic N) is 1. The van der Waals surface area contributed by atoms with Crippen LogP contribution in [0.2, 0.25) is 0 Å². The summed E-state index contributed by atoms with van der Waals surface area (Å²) in [5, 5.41) is 9.24. The molecule has 0 bridgehead atoms. The standard InChI is InChI=1S/C12H19NO/c13-10-12(6-2-3-7-12)9-11-5-1-4-8-14-11/h11H,1-9H2. The van der Waals surface area contributed by atoms with E-state index in [0.717, 1.165) is 25.9 Å². The van der Waals surface area contributed by atoms with Crippen molar-refractivity contribution < 1.29 is 4.74 Å². The third-order valence-corrected chi connectivity index (χ3v) is 3.69. The number of nitriles is 1. The van der Waals surface area contributed by atoms with Crippen molar-refractivity contribution in [2.75, 3.05) is 6.61 Å². The highest BCUT2D eigenvalue weighted by Gasteiger charge is 2.36. The van der Waals surface area contributed by atoms with Crippen LogP contribution in [-0.4, -0.2) is 12.7 Å². The summed E-state index contributed by atoms with van der Waals surface area (Å²) in [5.74, 6) is 0. The molecular weight excluding hydrogens is 174 g/mol. The molecule has 1 saturated heterocycles. The predicted molar refractivity (Wildman–Crippen MR) is 54.7 cm³/mol. The van der Waals surface area contributed by atoms with Crippen molar-refractivity contribution in [2.45, 2.75) is 57.5 Å². The molecule has 14 heavy (non-hydrogen) atoms. The predicted octanol–water partition coefficient (Wildman–Crippen LogP) is 3.03. The quantitative estimate of drug-likeness (QED) is 0.675. The van der Waals surface area contributed by atoms with Crippen LogP contribution in [0.15, 0.2) is 0 Å². The lowest BCUT2D eigenvalue weighted by Gasteiger charge is -2.29. The Bertz CT molecular complexity index is 219. The number of rotatable bonds is 2. The average Bonchev–Trinajstić information content (AvgIpc) is 2.69. The van der Waals surface area contributed by atoms with Gasteiger partial charge in [-0.15, -0.1) is 0 Å². The zero-order chi connectivity index (χ0) is 9.86. The number of hydrogen-bond donors (Lipinski definition) is 0. The lowest BCUT2D eigenvalue weighted by atomic mass is 9.81. The van der Waals surface area contributed by atoms with Crippen molar-refractivity contribution in [3.8, 4) is 6.07 Å². The van der Waals surface area contributed by atoms with Crippen LogP contribution >= 0.6 is 0 Å². The fraction of sp³-hybridized carbons (Fsp3) is 0.917. The zero-order valence-electron chi connectivity index (χ0n) is 8.80. The summed E-state index contributed by atoms with van der Waals surface area (Å²) in [6.45, 7) is 0.909. The van der Waals surface area contributed by atoms with Gasteiger partial charge in [-0.3, -0.25) is 0 Å². The van der Waals surface area contributed by atoms with E-state index >= 15 is 0 Å². The molecule has 0 amide bonds. The van der Waals surface area contributed by atoms with E-state index in [1.165, 1.54) is 32.1 Å². The second kappa shape index (κ2) is 4.31. The Kier molecular flexibility index (Phi) is 3.08. The van der Waals surface area contributed by atoms with E-state index in [-0.39, 0.29) is 5.41 Å². The average molecular weight is 193 g/mol. The minimum atomic E-state index is -0.0258. The lowest BCUT2D eigenvalue weighted by molar-refractivity contribution is -0.00602. The van der Waals surface area contributed by atoms with Gasteiger partial charge in [-0.2, -0.15) is 5.26 Å². The van der Waals surface area contributed by atoms with E-state index in [9.17, 15) is 5.26 Å². The molecule has 1 atom stereocenters. The maximum Gasteiger partial charge on any atom is 0.0690 e. The monoisotopic (exact) mass is 193 g/mol. The van der Waals surface area contributed by atoms with Crippen molar-refractivity contribution in [1.82, 2.24) is 0 Å². The highest BCUT2D eigenvalue weighted by Crippen LogP contribution is 2.42. The van der Waals surface area contributed by atoms with Gasteiger partial charge in [0.15, 0.2) is 0 Å². The van der Waals surface area contributed by atoms with Gasteiger partial charge in [0.25, 0.3) is 0 Å². The van der Waals surface area contributed by atoms with E-state index in [2.05, 4.69) is 6.07 Å². The van der Waals surface area contributed by atoms with Crippen LogP contribution in [0, 0.1) is 16.7 Å². The van der Waals surface area contributed by atoms with Gasteiger partial charge in [0.05, 0.1) is 17.6 Å². The third-order valence-electron chi connectivity index (χ3n) is 3.69. The van der Waals surface area contributed by atoms with Crippen LogP contribution in [0.25, 0.3) is 0 Å². The smallest absolute Gasteiger partial charge is 0.0690 e.